The number of aromatic nitrogens is 2. The average Bonchev–Trinajstić information content (AvgIpc) is 2.39. The minimum atomic E-state index is 0.589. The van der Waals surface area contributed by atoms with Crippen molar-refractivity contribution in [2.75, 3.05) is 18.1 Å². The van der Waals surface area contributed by atoms with Gasteiger partial charge in [-0.15, -0.1) is 0 Å². The Morgan fingerprint density at radius 2 is 2.44 bits per heavy atom. The van der Waals surface area contributed by atoms with Crippen molar-refractivity contribution < 1.29 is 0 Å². The summed E-state index contributed by atoms with van der Waals surface area (Å²) in [6, 6.07) is 0. The van der Waals surface area contributed by atoms with Crippen LogP contribution in [0.15, 0.2) is 6.20 Å². The van der Waals surface area contributed by atoms with Gasteiger partial charge in [0, 0.05) is 24.4 Å². The van der Waals surface area contributed by atoms with Gasteiger partial charge in [-0.2, -0.15) is 11.8 Å². The highest BCUT2D eigenvalue weighted by atomic mass is 32.2. The van der Waals surface area contributed by atoms with Crippen LogP contribution in [-0.2, 0) is 13.0 Å². The summed E-state index contributed by atoms with van der Waals surface area (Å²) in [4.78, 5) is 9.31. The van der Waals surface area contributed by atoms with Gasteiger partial charge in [0.2, 0.25) is 0 Å². The first-order valence-electron chi connectivity index (χ1n) is 6.06. The monoisotopic (exact) mass is 235 g/mol. The van der Waals surface area contributed by atoms with Gasteiger partial charge in [0.1, 0.15) is 5.82 Å². The lowest BCUT2D eigenvalue weighted by Crippen LogP contribution is -2.26. The van der Waals surface area contributed by atoms with Crippen molar-refractivity contribution in [3.05, 3.63) is 23.3 Å². The maximum absolute atomic E-state index is 4.75. The molecule has 1 atom stereocenters. The first-order chi connectivity index (χ1) is 7.93. The van der Waals surface area contributed by atoms with Crippen LogP contribution in [0.4, 0.5) is 0 Å². The Morgan fingerprint density at radius 3 is 3.31 bits per heavy atom. The molecule has 0 amide bonds. The van der Waals surface area contributed by atoms with E-state index >= 15 is 0 Å². The molecule has 16 heavy (non-hydrogen) atoms. The van der Waals surface area contributed by atoms with Crippen molar-refractivity contribution in [3.8, 4) is 0 Å². The van der Waals surface area contributed by atoms with Crippen LogP contribution in [0.3, 0.4) is 0 Å². The molecular weight excluding hydrogens is 218 g/mol. The summed E-state index contributed by atoms with van der Waals surface area (Å²) in [6.45, 7) is 1.99. The molecule has 3 nitrogen and oxygen atoms in total. The van der Waals surface area contributed by atoms with Crippen molar-refractivity contribution in [1.29, 1.82) is 0 Å². The summed E-state index contributed by atoms with van der Waals surface area (Å²) in [5.74, 6) is 4.18. The number of hydrogen-bond donors (Lipinski definition) is 1. The third-order valence-electron chi connectivity index (χ3n) is 3.36. The van der Waals surface area contributed by atoms with Crippen LogP contribution in [-0.4, -0.2) is 28.0 Å². The Hall–Kier alpha value is -0.610. The zero-order valence-electron chi connectivity index (χ0n) is 9.41. The molecule has 0 bridgehead atoms. The average molecular weight is 235 g/mol. The molecule has 0 radical (unpaired) electrons. The summed E-state index contributed by atoms with van der Waals surface area (Å²) < 4.78 is 0. The van der Waals surface area contributed by atoms with Crippen molar-refractivity contribution in [2.24, 2.45) is 0 Å². The van der Waals surface area contributed by atoms with E-state index in [2.05, 4.69) is 16.5 Å². The zero-order chi connectivity index (χ0) is 10.8. The van der Waals surface area contributed by atoms with E-state index < -0.39 is 0 Å². The molecule has 3 heterocycles. The summed E-state index contributed by atoms with van der Waals surface area (Å²) in [5.41, 5.74) is 2.57. The lowest BCUT2D eigenvalue weighted by atomic mass is 10.0. The maximum Gasteiger partial charge on any atom is 0.132 e. The molecule has 1 aromatic heterocycles. The molecule has 2 aliphatic rings. The molecule has 86 valence electrons. The van der Waals surface area contributed by atoms with Gasteiger partial charge >= 0.3 is 0 Å². The Kier molecular flexibility index (Phi) is 3.11. The van der Waals surface area contributed by atoms with E-state index in [9.17, 15) is 0 Å². The van der Waals surface area contributed by atoms with Crippen LogP contribution in [0.2, 0.25) is 0 Å². The number of rotatable bonds is 1. The van der Waals surface area contributed by atoms with Crippen molar-refractivity contribution in [3.63, 3.8) is 0 Å². The lowest BCUT2D eigenvalue weighted by Gasteiger charge is -2.22. The summed E-state index contributed by atoms with van der Waals surface area (Å²) in [6.07, 6.45) is 5.71. The number of nitrogens with zero attached hydrogens (tertiary/aromatic N) is 2. The minimum absolute atomic E-state index is 0.589. The number of nitrogens with one attached hydrogen (secondary N) is 1. The molecule has 1 N–H and O–H groups in total. The molecule has 3 rings (SSSR count). The fourth-order valence-corrected chi connectivity index (χ4v) is 3.53. The first-order valence-corrected chi connectivity index (χ1v) is 7.22. The van der Waals surface area contributed by atoms with Crippen molar-refractivity contribution in [1.82, 2.24) is 15.3 Å². The first kappa shape index (κ1) is 10.5. The minimum Gasteiger partial charge on any atom is -0.311 e. The predicted molar refractivity (Wildman–Crippen MR) is 66.7 cm³/mol. The molecule has 4 heteroatoms. The molecule has 1 saturated heterocycles. The van der Waals surface area contributed by atoms with Gasteiger partial charge in [0.05, 0.1) is 5.69 Å². The predicted octanol–water partition coefficient (Wildman–Crippen LogP) is 1.73. The topological polar surface area (TPSA) is 37.8 Å². The van der Waals surface area contributed by atoms with Gasteiger partial charge in [-0.05, 0) is 37.1 Å². The van der Waals surface area contributed by atoms with E-state index in [0.717, 1.165) is 25.3 Å². The van der Waals surface area contributed by atoms with Gasteiger partial charge in [-0.3, -0.25) is 0 Å². The van der Waals surface area contributed by atoms with Gasteiger partial charge in [-0.1, -0.05) is 0 Å². The largest absolute Gasteiger partial charge is 0.311 e. The fourth-order valence-electron chi connectivity index (χ4n) is 2.39. The quantitative estimate of drug-likeness (QED) is 0.804. The van der Waals surface area contributed by atoms with Gasteiger partial charge < -0.3 is 5.32 Å². The summed E-state index contributed by atoms with van der Waals surface area (Å²) in [7, 11) is 0. The van der Waals surface area contributed by atoms with Crippen LogP contribution < -0.4 is 5.32 Å². The third-order valence-corrected chi connectivity index (χ3v) is 4.58. The normalized spacial score (nSPS) is 25.1. The van der Waals surface area contributed by atoms with Crippen molar-refractivity contribution in [2.45, 2.75) is 31.7 Å². The van der Waals surface area contributed by atoms with E-state index in [4.69, 9.17) is 4.98 Å². The highest BCUT2D eigenvalue weighted by Crippen LogP contribution is 2.29. The smallest absolute Gasteiger partial charge is 0.132 e. The third kappa shape index (κ3) is 2.09. The van der Waals surface area contributed by atoms with Gasteiger partial charge in [-0.25, -0.2) is 9.97 Å². The van der Waals surface area contributed by atoms with E-state index in [-0.39, 0.29) is 0 Å². The summed E-state index contributed by atoms with van der Waals surface area (Å²) >= 11 is 2.04. The molecule has 0 saturated carbocycles. The van der Waals surface area contributed by atoms with E-state index in [1.807, 2.05) is 11.8 Å². The Bertz CT molecular complexity index is 375. The SMILES string of the molecule is c1nc(C2CCCSC2)nc2c1CCNC2. The van der Waals surface area contributed by atoms with E-state index in [0.29, 0.717) is 5.92 Å². The highest BCUT2D eigenvalue weighted by Gasteiger charge is 2.20. The molecule has 0 aliphatic carbocycles. The second-order valence-corrected chi connectivity index (χ2v) is 5.69. The summed E-state index contributed by atoms with van der Waals surface area (Å²) in [5, 5.41) is 3.38. The molecule has 2 aliphatic heterocycles. The van der Waals surface area contributed by atoms with Crippen LogP contribution in [0.5, 0.6) is 0 Å². The van der Waals surface area contributed by atoms with Crippen LogP contribution >= 0.6 is 11.8 Å². The van der Waals surface area contributed by atoms with Crippen LogP contribution in [0, 0.1) is 0 Å². The van der Waals surface area contributed by atoms with Crippen molar-refractivity contribution >= 4 is 11.8 Å². The highest BCUT2D eigenvalue weighted by molar-refractivity contribution is 7.99. The second-order valence-electron chi connectivity index (χ2n) is 4.54. The molecule has 0 spiro atoms. The standard InChI is InChI=1S/C12H17N3S/c1-2-10(8-16-5-1)12-14-6-9-3-4-13-7-11(9)15-12/h6,10,13H,1-5,7-8H2. The Morgan fingerprint density at radius 1 is 1.44 bits per heavy atom. The Labute approximate surface area is 100 Å². The number of fused-ring (bicyclic) bond motifs is 1. The van der Waals surface area contributed by atoms with E-state index in [1.165, 1.54) is 35.6 Å². The second kappa shape index (κ2) is 4.72. The fraction of sp³-hybridized carbons (Fsp3) is 0.667. The van der Waals surface area contributed by atoms with Gasteiger partial charge in [0.15, 0.2) is 0 Å². The van der Waals surface area contributed by atoms with Gasteiger partial charge in [0.25, 0.3) is 0 Å². The number of thioether (sulfide) groups is 1. The Balaban J connectivity index is 1.84. The lowest BCUT2D eigenvalue weighted by molar-refractivity contribution is 0.585. The molecule has 1 unspecified atom stereocenters. The van der Waals surface area contributed by atoms with E-state index in [1.54, 1.807) is 0 Å². The van der Waals surface area contributed by atoms with Crippen LogP contribution in [0.25, 0.3) is 0 Å². The molecule has 1 aromatic rings. The molecular formula is C12H17N3S. The zero-order valence-corrected chi connectivity index (χ0v) is 10.2. The molecule has 0 aromatic carbocycles. The molecule has 1 fully saturated rings. The number of hydrogen-bond acceptors (Lipinski definition) is 4. The van der Waals surface area contributed by atoms with Crippen LogP contribution in [0.1, 0.15) is 35.8 Å². The maximum atomic E-state index is 4.75.